The first-order chi connectivity index (χ1) is 10.3. The van der Waals surface area contributed by atoms with E-state index in [-0.39, 0.29) is 5.91 Å². The van der Waals surface area contributed by atoms with Gasteiger partial charge in [-0.1, -0.05) is 18.2 Å². The number of carbonyl (C=O) groups is 1. The lowest BCUT2D eigenvalue weighted by Gasteiger charge is -2.37. The highest BCUT2D eigenvalue weighted by Gasteiger charge is 2.22. The van der Waals surface area contributed by atoms with Gasteiger partial charge < -0.3 is 14.5 Å². The minimum atomic E-state index is 0.242. The van der Waals surface area contributed by atoms with Crippen LogP contribution in [0.3, 0.4) is 0 Å². The van der Waals surface area contributed by atoms with E-state index in [0.717, 1.165) is 39.3 Å². The van der Waals surface area contributed by atoms with Gasteiger partial charge in [-0.15, -0.1) is 0 Å². The topological polar surface area (TPSA) is 36.0 Å². The van der Waals surface area contributed by atoms with Crippen molar-refractivity contribution in [2.45, 2.75) is 0 Å². The van der Waals surface area contributed by atoms with E-state index < -0.39 is 0 Å². The molecule has 3 rings (SSSR count). The molecule has 0 saturated carbocycles. The predicted octanol–water partition coefficient (Wildman–Crippen LogP) is 0.667. The zero-order valence-corrected chi connectivity index (χ0v) is 12.4. The van der Waals surface area contributed by atoms with E-state index in [1.807, 2.05) is 11.0 Å². The monoisotopic (exact) mass is 289 g/mol. The van der Waals surface area contributed by atoms with E-state index in [9.17, 15) is 4.79 Å². The van der Waals surface area contributed by atoms with Crippen molar-refractivity contribution < 1.29 is 9.53 Å². The van der Waals surface area contributed by atoms with Crippen molar-refractivity contribution in [3.8, 4) is 0 Å². The second kappa shape index (κ2) is 6.91. The molecule has 0 aliphatic carbocycles. The minimum absolute atomic E-state index is 0.242. The highest BCUT2D eigenvalue weighted by Crippen LogP contribution is 2.15. The van der Waals surface area contributed by atoms with Crippen molar-refractivity contribution in [2.75, 3.05) is 63.9 Å². The summed E-state index contributed by atoms with van der Waals surface area (Å²) in [6.07, 6.45) is 0. The average Bonchev–Trinajstić information content (AvgIpc) is 2.57. The Hall–Kier alpha value is -1.59. The number of rotatable bonds is 3. The second-order valence-electron chi connectivity index (χ2n) is 5.59. The highest BCUT2D eigenvalue weighted by atomic mass is 16.5. The molecular weight excluding hydrogens is 266 g/mol. The van der Waals surface area contributed by atoms with Crippen LogP contribution in [0.1, 0.15) is 0 Å². The maximum absolute atomic E-state index is 12.2. The Balaban J connectivity index is 1.46. The van der Waals surface area contributed by atoms with Gasteiger partial charge >= 0.3 is 0 Å². The number of benzene rings is 1. The molecule has 5 heteroatoms. The van der Waals surface area contributed by atoms with Gasteiger partial charge in [-0.3, -0.25) is 9.69 Å². The van der Waals surface area contributed by atoms with Crippen molar-refractivity contribution >= 4 is 11.6 Å². The van der Waals surface area contributed by atoms with Gasteiger partial charge in [-0.2, -0.15) is 0 Å². The third-order valence-electron chi connectivity index (χ3n) is 4.22. The number of hydrogen-bond donors (Lipinski definition) is 0. The van der Waals surface area contributed by atoms with Gasteiger partial charge in [-0.25, -0.2) is 0 Å². The molecule has 21 heavy (non-hydrogen) atoms. The van der Waals surface area contributed by atoms with Gasteiger partial charge in [-0.05, 0) is 12.1 Å². The Morgan fingerprint density at radius 3 is 2.29 bits per heavy atom. The zero-order chi connectivity index (χ0) is 14.5. The Morgan fingerprint density at radius 1 is 0.952 bits per heavy atom. The molecule has 114 valence electrons. The number of amides is 1. The maximum atomic E-state index is 12.2. The van der Waals surface area contributed by atoms with Crippen LogP contribution in [0.25, 0.3) is 0 Å². The number of piperazine rings is 1. The second-order valence-corrected chi connectivity index (χ2v) is 5.59. The highest BCUT2D eigenvalue weighted by molar-refractivity contribution is 5.78. The van der Waals surface area contributed by atoms with Crippen molar-refractivity contribution in [1.82, 2.24) is 9.80 Å². The first kappa shape index (κ1) is 14.4. The van der Waals surface area contributed by atoms with Gasteiger partial charge in [0.1, 0.15) is 0 Å². The van der Waals surface area contributed by atoms with Gasteiger partial charge in [0, 0.05) is 45.0 Å². The Bertz CT molecular complexity index is 452. The van der Waals surface area contributed by atoms with Crippen LogP contribution >= 0.6 is 0 Å². The number of morpholine rings is 1. The van der Waals surface area contributed by atoms with E-state index in [2.05, 4.69) is 34.1 Å². The third kappa shape index (κ3) is 3.74. The molecule has 2 saturated heterocycles. The molecule has 0 radical (unpaired) electrons. The Kier molecular flexibility index (Phi) is 4.72. The first-order valence-corrected chi connectivity index (χ1v) is 7.71. The number of hydrogen-bond acceptors (Lipinski definition) is 4. The van der Waals surface area contributed by atoms with Gasteiger partial charge in [0.15, 0.2) is 0 Å². The molecule has 1 aromatic carbocycles. The molecule has 0 spiro atoms. The standard InChI is InChI=1S/C16H23N3O2/c20-16(19-10-12-21-13-11-19)14-17-6-8-18(9-7-17)15-4-2-1-3-5-15/h1-5H,6-14H2. The molecule has 2 aliphatic heterocycles. The fourth-order valence-corrected chi connectivity index (χ4v) is 2.91. The Labute approximate surface area is 126 Å². The smallest absolute Gasteiger partial charge is 0.236 e. The van der Waals surface area contributed by atoms with Gasteiger partial charge in [0.2, 0.25) is 5.91 Å². The van der Waals surface area contributed by atoms with E-state index in [0.29, 0.717) is 19.8 Å². The summed E-state index contributed by atoms with van der Waals surface area (Å²) in [7, 11) is 0. The maximum Gasteiger partial charge on any atom is 0.236 e. The minimum Gasteiger partial charge on any atom is -0.378 e. The number of ether oxygens (including phenoxy) is 1. The molecule has 0 aromatic heterocycles. The fraction of sp³-hybridized carbons (Fsp3) is 0.562. The lowest BCUT2D eigenvalue weighted by Crippen LogP contribution is -2.51. The summed E-state index contributed by atoms with van der Waals surface area (Å²) >= 11 is 0. The summed E-state index contributed by atoms with van der Waals surface area (Å²) in [4.78, 5) is 18.8. The van der Waals surface area contributed by atoms with E-state index in [4.69, 9.17) is 4.74 Å². The summed E-state index contributed by atoms with van der Waals surface area (Å²) in [5, 5.41) is 0. The van der Waals surface area contributed by atoms with Crippen LogP contribution in [0.15, 0.2) is 30.3 Å². The van der Waals surface area contributed by atoms with Crippen molar-refractivity contribution in [1.29, 1.82) is 0 Å². The van der Waals surface area contributed by atoms with Crippen LogP contribution < -0.4 is 4.90 Å². The molecule has 0 atom stereocenters. The van der Waals surface area contributed by atoms with Crippen molar-refractivity contribution in [2.24, 2.45) is 0 Å². The van der Waals surface area contributed by atoms with Crippen LogP contribution in [-0.4, -0.2) is 74.7 Å². The molecule has 0 bridgehead atoms. The molecular formula is C16H23N3O2. The first-order valence-electron chi connectivity index (χ1n) is 7.71. The lowest BCUT2D eigenvalue weighted by molar-refractivity contribution is -0.136. The zero-order valence-electron chi connectivity index (χ0n) is 12.4. The number of anilines is 1. The average molecular weight is 289 g/mol. The van der Waals surface area contributed by atoms with E-state index >= 15 is 0 Å². The Morgan fingerprint density at radius 2 is 1.62 bits per heavy atom. The van der Waals surface area contributed by atoms with Crippen LogP contribution in [0.4, 0.5) is 5.69 Å². The molecule has 1 aromatic rings. The normalized spacial score (nSPS) is 20.6. The number of nitrogens with zero attached hydrogens (tertiary/aromatic N) is 3. The summed E-state index contributed by atoms with van der Waals surface area (Å²) in [6.45, 7) is 7.24. The molecule has 2 fully saturated rings. The molecule has 5 nitrogen and oxygen atoms in total. The van der Waals surface area contributed by atoms with Crippen LogP contribution in [0, 0.1) is 0 Å². The third-order valence-corrected chi connectivity index (χ3v) is 4.22. The summed E-state index contributed by atoms with van der Waals surface area (Å²) < 4.78 is 5.29. The van der Waals surface area contributed by atoms with Crippen LogP contribution in [-0.2, 0) is 9.53 Å². The van der Waals surface area contributed by atoms with E-state index in [1.165, 1.54) is 5.69 Å². The van der Waals surface area contributed by atoms with Crippen molar-refractivity contribution in [3.05, 3.63) is 30.3 Å². The van der Waals surface area contributed by atoms with E-state index in [1.54, 1.807) is 0 Å². The molecule has 2 aliphatic rings. The molecule has 2 heterocycles. The summed E-state index contributed by atoms with van der Waals surface area (Å²) in [6, 6.07) is 10.5. The lowest BCUT2D eigenvalue weighted by atomic mass is 10.2. The van der Waals surface area contributed by atoms with Gasteiger partial charge in [0.05, 0.1) is 19.8 Å². The molecule has 1 amide bonds. The molecule has 0 unspecified atom stereocenters. The summed E-state index contributed by atoms with van der Waals surface area (Å²) in [5.41, 5.74) is 1.27. The van der Waals surface area contributed by atoms with Gasteiger partial charge in [0.25, 0.3) is 0 Å². The summed E-state index contributed by atoms with van der Waals surface area (Å²) in [5.74, 6) is 0.242. The molecule has 0 N–H and O–H groups in total. The fourth-order valence-electron chi connectivity index (χ4n) is 2.91. The largest absolute Gasteiger partial charge is 0.378 e. The van der Waals surface area contributed by atoms with Crippen molar-refractivity contribution in [3.63, 3.8) is 0 Å². The quantitative estimate of drug-likeness (QED) is 0.819. The SMILES string of the molecule is O=C(CN1CCN(c2ccccc2)CC1)N1CCOCC1. The van der Waals surface area contributed by atoms with Crippen LogP contribution in [0.2, 0.25) is 0 Å². The number of para-hydroxylation sites is 1. The van der Waals surface area contributed by atoms with Crippen LogP contribution in [0.5, 0.6) is 0 Å². The predicted molar refractivity (Wildman–Crippen MR) is 82.5 cm³/mol. The number of carbonyl (C=O) groups excluding carboxylic acids is 1.